The SMILES string of the molecule is CC[C@H](C)C(=O)N1CSC[C@H]1C(=O)N[C@@H](C)CCc1ccccc1. The van der Waals surface area contributed by atoms with E-state index in [0.717, 1.165) is 19.3 Å². The molecule has 0 unspecified atom stereocenters. The Labute approximate surface area is 149 Å². The van der Waals surface area contributed by atoms with Gasteiger partial charge in [-0.1, -0.05) is 44.2 Å². The van der Waals surface area contributed by atoms with E-state index in [9.17, 15) is 9.59 Å². The number of thioether (sulfide) groups is 1. The van der Waals surface area contributed by atoms with Crippen LogP contribution in [0, 0.1) is 5.92 Å². The summed E-state index contributed by atoms with van der Waals surface area (Å²) in [6.07, 6.45) is 2.65. The first kappa shape index (κ1) is 18.8. The van der Waals surface area contributed by atoms with Gasteiger partial charge in [0.1, 0.15) is 6.04 Å². The van der Waals surface area contributed by atoms with Crippen LogP contribution in [0.15, 0.2) is 30.3 Å². The summed E-state index contributed by atoms with van der Waals surface area (Å²) in [5.74, 6) is 1.38. The number of hydrogen-bond acceptors (Lipinski definition) is 3. The van der Waals surface area contributed by atoms with E-state index in [1.54, 1.807) is 16.7 Å². The van der Waals surface area contributed by atoms with Crippen LogP contribution in [0.3, 0.4) is 0 Å². The summed E-state index contributed by atoms with van der Waals surface area (Å²) in [6.45, 7) is 5.97. The lowest BCUT2D eigenvalue weighted by Crippen LogP contribution is -2.50. The van der Waals surface area contributed by atoms with E-state index in [2.05, 4.69) is 17.4 Å². The molecule has 1 aliphatic rings. The van der Waals surface area contributed by atoms with Crippen molar-refractivity contribution in [3.05, 3.63) is 35.9 Å². The highest BCUT2D eigenvalue weighted by Crippen LogP contribution is 2.24. The molecule has 3 atom stereocenters. The van der Waals surface area contributed by atoms with E-state index >= 15 is 0 Å². The average Bonchev–Trinajstić information content (AvgIpc) is 3.09. The molecule has 5 heteroatoms. The van der Waals surface area contributed by atoms with Crippen LogP contribution in [0.25, 0.3) is 0 Å². The summed E-state index contributed by atoms with van der Waals surface area (Å²) in [7, 11) is 0. The van der Waals surface area contributed by atoms with Crippen LogP contribution in [-0.2, 0) is 16.0 Å². The van der Waals surface area contributed by atoms with E-state index in [1.807, 2.05) is 39.0 Å². The summed E-state index contributed by atoms with van der Waals surface area (Å²) in [5, 5.41) is 3.09. The minimum Gasteiger partial charge on any atom is -0.352 e. The maximum atomic E-state index is 12.6. The number of nitrogens with one attached hydrogen (secondary N) is 1. The van der Waals surface area contributed by atoms with Gasteiger partial charge >= 0.3 is 0 Å². The fourth-order valence-corrected chi connectivity index (χ4v) is 3.94. The first-order valence-corrected chi connectivity index (χ1v) is 9.91. The number of aryl methyl sites for hydroxylation is 1. The van der Waals surface area contributed by atoms with Gasteiger partial charge in [-0.15, -0.1) is 11.8 Å². The fraction of sp³-hybridized carbons (Fsp3) is 0.579. The zero-order valence-corrected chi connectivity index (χ0v) is 15.6. The van der Waals surface area contributed by atoms with Gasteiger partial charge in [-0.05, 0) is 31.7 Å². The van der Waals surface area contributed by atoms with Crippen molar-refractivity contribution in [2.75, 3.05) is 11.6 Å². The molecule has 0 saturated carbocycles. The van der Waals surface area contributed by atoms with Crippen LogP contribution in [0.2, 0.25) is 0 Å². The second kappa shape index (κ2) is 9.11. The molecule has 1 fully saturated rings. The third kappa shape index (κ3) is 5.00. The zero-order chi connectivity index (χ0) is 17.5. The molecule has 1 saturated heterocycles. The fourth-order valence-electron chi connectivity index (χ4n) is 2.77. The number of rotatable bonds is 7. The van der Waals surface area contributed by atoms with Crippen LogP contribution in [0.4, 0.5) is 0 Å². The Morgan fingerprint density at radius 3 is 2.67 bits per heavy atom. The van der Waals surface area contributed by atoms with Gasteiger partial charge in [0.05, 0.1) is 5.88 Å². The molecule has 0 aromatic heterocycles. The van der Waals surface area contributed by atoms with Crippen molar-refractivity contribution in [2.24, 2.45) is 5.92 Å². The molecule has 1 aliphatic heterocycles. The van der Waals surface area contributed by atoms with E-state index in [0.29, 0.717) is 11.6 Å². The lowest BCUT2D eigenvalue weighted by atomic mass is 10.1. The average molecular weight is 349 g/mol. The van der Waals surface area contributed by atoms with Gasteiger partial charge in [-0.3, -0.25) is 9.59 Å². The minimum absolute atomic E-state index is 0.0165. The first-order chi connectivity index (χ1) is 11.5. The largest absolute Gasteiger partial charge is 0.352 e. The van der Waals surface area contributed by atoms with Crippen molar-refractivity contribution in [1.29, 1.82) is 0 Å². The molecule has 2 amide bonds. The van der Waals surface area contributed by atoms with Gasteiger partial charge in [0.25, 0.3) is 0 Å². The van der Waals surface area contributed by atoms with Crippen molar-refractivity contribution in [1.82, 2.24) is 10.2 Å². The molecule has 0 aliphatic carbocycles. The highest BCUT2D eigenvalue weighted by atomic mass is 32.2. The highest BCUT2D eigenvalue weighted by molar-refractivity contribution is 7.99. The van der Waals surface area contributed by atoms with Crippen LogP contribution in [-0.4, -0.2) is 40.4 Å². The summed E-state index contributed by atoms with van der Waals surface area (Å²) in [6, 6.07) is 10.1. The molecule has 24 heavy (non-hydrogen) atoms. The molecule has 0 spiro atoms. The Hall–Kier alpha value is -1.49. The minimum atomic E-state index is -0.323. The summed E-state index contributed by atoms with van der Waals surface area (Å²) >= 11 is 1.66. The molecule has 1 N–H and O–H groups in total. The van der Waals surface area contributed by atoms with Gasteiger partial charge in [0, 0.05) is 17.7 Å². The molecule has 4 nitrogen and oxygen atoms in total. The third-order valence-electron chi connectivity index (χ3n) is 4.60. The predicted molar refractivity (Wildman–Crippen MR) is 99.8 cm³/mol. The number of benzene rings is 1. The Morgan fingerprint density at radius 2 is 2.00 bits per heavy atom. The van der Waals surface area contributed by atoms with Crippen molar-refractivity contribution in [2.45, 2.75) is 52.1 Å². The number of amides is 2. The Morgan fingerprint density at radius 1 is 1.29 bits per heavy atom. The molecule has 0 bridgehead atoms. The molecule has 132 valence electrons. The smallest absolute Gasteiger partial charge is 0.243 e. The monoisotopic (exact) mass is 348 g/mol. The molecule has 0 radical (unpaired) electrons. The second-order valence-corrected chi connectivity index (χ2v) is 7.57. The topological polar surface area (TPSA) is 49.4 Å². The number of carbonyl (C=O) groups is 2. The first-order valence-electron chi connectivity index (χ1n) is 8.75. The van der Waals surface area contributed by atoms with Crippen LogP contribution in [0.1, 0.15) is 39.2 Å². The molecule has 1 aromatic rings. The van der Waals surface area contributed by atoms with E-state index < -0.39 is 0 Å². The lowest BCUT2D eigenvalue weighted by molar-refractivity contribution is -0.141. The number of hydrogen-bond donors (Lipinski definition) is 1. The maximum absolute atomic E-state index is 12.6. The number of carbonyl (C=O) groups excluding carboxylic acids is 2. The molecule has 1 heterocycles. The Kier molecular flexibility index (Phi) is 7.16. The van der Waals surface area contributed by atoms with Gasteiger partial charge in [-0.25, -0.2) is 0 Å². The zero-order valence-electron chi connectivity index (χ0n) is 14.8. The van der Waals surface area contributed by atoms with Crippen LogP contribution in [0.5, 0.6) is 0 Å². The quantitative estimate of drug-likeness (QED) is 0.824. The van der Waals surface area contributed by atoms with Crippen LogP contribution < -0.4 is 5.32 Å². The Bertz CT molecular complexity index is 550. The van der Waals surface area contributed by atoms with Crippen LogP contribution >= 0.6 is 11.8 Å². The summed E-state index contributed by atoms with van der Waals surface area (Å²) in [4.78, 5) is 26.7. The van der Waals surface area contributed by atoms with Gasteiger partial charge in [-0.2, -0.15) is 0 Å². The van der Waals surface area contributed by atoms with Gasteiger partial charge < -0.3 is 10.2 Å². The highest BCUT2D eigenvalue weighted by Gasteiger charge is 2.36. The van der Waals surface area contributed by atoms with Gasteiger partial charge in [0.15, 0.2) is 0 Å². The second-order valence-electron chi connectivity index (χ2n) is 6.57. The molecule has 2 rings (SSSR count). The van der Waals surface area contributed by atoms with Crippen molar-refractivity contribution < 1.29 is 9.59 Å². The third-order valence-corrected chi connectivity index (χ3v) is 5.61. The molecule has 1 aromatic carbocycles. The van der Waals surface area contributed by atoms with E-state index in [-0.39, 0.29) is 29.8 Å². The maximum Gasteiger partial charge on any atom is 0.243 e. The van der Waals surface area contributed by atoms with Gasteiger partial charge in [0.2, 0.25) is 11.8 Å². The summed E-state index contributed by atoms with van der Waals surface area (Å²) in [5.41, 5.74) is 1.28. The summed E-state index contributed by atoms with van der Waals surface area (Å²) < 4.78 is 0. The Balaban J connectivity index is 1.85. The van der Waals surface area contributed by atoms with Crippen molar-refractivity contribution in [3.63, 3.8) is 0 Å². The number of nitrogens with zero attached hydrogens (tertiary/aromatic N) is 1. The standard InChI is InChI=1S/C19H28N2O2S/c1-4-14(2)19(23)21-13-24-12-17(21)18(22)20-15(3)10-11-16-8-6-5-7-9-16/h5-9,14-15,17H,4,10-13H2,1-3H3,(H,20,22)/t14-,15-,17-/m0/s1. The normalized spacial score (nSPS) is 19.8. The molecular weight excluding hydrogens is 320 g/mol. The predicted octanol–water partition coefficient (Wildman–Crippen LogP) is 3.07. The van der Waals surface area contributed by atoms with E-state index in [4.69, 9.17) is 0 Å². The lowest BCUT2D eigenvalue weighted by Gasteiger charge is -2.26. The van der Waals surface area contributed by atoms with E-state index in [1.165, 1.54) is 5.56 Å². The van der Waals surface area contributed by atoms with Crippen molar-refractivity contribution >= 4 is 23.6 Å². The molecular formula is C19H28N2O2S. The van der Waals surface area contributed by atoms with Crippen molar-refractivity contribution in [3.8, 4) is 0 Å².